The molecule has 176 valence electrons. The number of ketones is 1. The van der Waals surface area contributed by atoms with Crippen molar-refractivity contribution in [2.75, 3.05) is 27.4 Å². The predicted octanol–water partition coefficient (Wildman–Crippen LogP) is 4.08. The topological polar surface area (TPSA) is 85.3 Å². The van der Waals surface area contributed by atoms with Crippen molar-refractivity contribution in [2.24, 2.45) is 0 Å². The lowest BCUT2D eigenvalue weighted by atomic mass is 9.95. The van der Waals surface area contributed by atoms with Gasteiger partial charge in [-0.1, -0.05) is 6.07 Å². The van der Waals surface area contributed by atoms with Gasteiger partial charge in [-0.15, -0.1) is 0 Å². The van der Waals surface area contributed by atoms with E-state index in [-0.39, 0.29) is 29.5 Å². The Bertz CT molecular complexity index is 1050. The third-order valence-corrected chi connectivity index (χ3v) is 5.27. The Balaban J connectivity index is 2.14. The van der Waals surface area contributed by atoms with Crippen LogP contribution >= 0.6 is 0 Å². The van der Waals surface area contributed by atoms with Crippen LogP contribution in [0.5, 0.6) is 11.5 Å². The summed E-state index contributed by atoms with van der Waals surface area (Å²) in [6, 6.07) is 9.36. The van der Waals surface area contributed by atoms with E-state index in [1.807, 2.05) is 13.8 Å². The highest BCUT2D eigenvalue weighted by Crippen LogP contribution is 2.42. The highest BCUT2D eigenvalue weighted by atomic mass is 19.1. The maximum atomic E-state index is 13.4. The molecule has 0 radical (unpaired) electrons. The molecule has 1 N–H and O–H groups in total. The number of nitrogens with zero attached hydrogens (tertiary/aromatic N) is 1. The van der Waals surface area contributed by atoms with Gasteiger partial charge in [0.15, 0.2) is 11.5 Å². The molecule has 0 spiro atoms. The minimum absolute atomic E-state index is 0.0661. The van der Waals surface area contributed by atoms with E-state index in [1.54, 1.807) is 25.3 Å². The van der Waals surface area contributed by atoms with Crippen molar-refractivity contribution in [3.63, 3.8) is 0 Å². The third kappa shape index (κ3) is 5.17. The Morgan fingerprint density at radius 3 is 2.39 bits per heavy atom. The zero-order chi connectivity index (χ0) is 24.1. The van der Waals surface area contributed by atoms with E-state index in [2.05, 4.69) is 0 Å². The predicted molar refractivity (Wildman–Crippen MR) is 121 cm³/mol. The summed E-state index contributed by atoms with van der Waals surface area (Å²) in [6.45, 7) is 4.43. The third-order valence-electron chi connectivity index (χ3n) is 5.27. The van der Waals surface area contributed by atoms with Crippen LogP contribution in [0.15, 0.2) is 48.0 Å². The van der Waals surface area contributed by atoms with Gasteiger partial charge in [0.05, 0.1) is 24.8 Å². The highest BCUT2D eigenvalue weighted by Gasteiger charge is 2.46. The molecule has 2 aromatic rings. The molecule has 1 unspecified atom stereocenters. The van der Waals surface area contributed by atoms with Crippen molar-refractivity contribution in [2.45, 2.75) is 32.4 Å². The van der Waals surface area contributed by atoms with Gasteiger partial charge in [-0.25, -0.2) is 4.39 Å². The molecule has 7 nitrogen and oxygen atoms in total. The second kappa shape index (κ2) is 10.5. The van der Waals surface area contributed by atoms with Crippen LogP contribution < -0.4 is 9.47 Å². The quantitative estimate of drug-likeness (QED) is 0.264. The maximum absolute atomic E-state index is 13.4. The monoisotopic (exact) mass is 457 g/mol. The van der Waals surface area contributed by atoms with Crippen LogP contribution in [0.25, 0.3) is 5.76 Å². The lowest BCUT2D eigenvalue weighted by molar-refractivity contribution is -0.140. The first kappa shape index (κ1) is 24.3. The average molecular weight is 457 g/mol. The fourth-order valence-electron chi connectivity index (χ4n) is 3.81. The molecule has 33 heavy (non-hydrogen) atoms. The average Bonchev–Trinajstić information content (AvgIpc) is 3.04. The SMILES string of the molecule is COCCCN1C(=O)C(=O)/C(=C(\O)c2ccc(F)cc2)C1c1ccc(OC(C)C)c(OC)c1. The Morgan fingerprint density at radius 1 is 1.09 bits per heavy atom. The molecule has 0 aromatic heterocycles. The fourth-order valence-corrected chi connectivity index (χ4v) is 3.81. The van der Waals surface area contributed by atoms with Crippen molar-refractivity contribution in [3.8, 4) is 11.5 Å². The molecule has 0 bridgehead atoms. The number of methoxy groups -OCH3 is 2. The van der Waals surface area contributed by atoms with Crippen LogP contribution in [-0.4, -0.2) is 55.2 Å². The minimum Gasteiger partial charge on any atom is -0.507 e. The summed E-state index contributed by atoms with van der Waals surface area (Å²) in [7, 11) is 3.05. The summed E-state index contributed by atoms with van der Waals surface area (Å²) in [4.78, 5) is 27.3. The van der Waals surface area contributed by atoms with E-state index in [4.69, 9.17) is 14.2 Å². The summed E-state index contributed by atoms with van der Waals surface area (Å²) in [5, 5.41) is 11.0. The number of hydrogen-bond donors (Lipinski definition) is 1. The molecule has 1 aliphatic rings. The molecule has 1 aliphatic heterocycles. The summed E-state index contributed by atoms with van der Waals surface area (Å²) < 4.78 is 29.7. The minimum atomic E-state index is -0.853. The lowest BCUT2D eigenvalue weighted by Gasteiger charge is -2.26. The number of ether oxygens (including phenoxy) is 3. The van der Waals surface area contributed by atoms with E-state index in [0.29, 0.717) is 30.1 Å². The largest absolute Gasteiger partial charge is 0.507 e. The number of carbonyl (C=O) groups excluding carboxylic acids is 2. The fraction of sp³-hybridized carbons (Fsp3) is 0.360. The van der Waals surface area contributed by atoms with E-state index in [9.17, 15) is 19.1 Å². The molecule has 1 amide bonds. The zero-order valence-corrected chi connectivity index (χ0v) is 19.1. The number of likely N-dealkylation sites (tertiary alicyclic amines) is 1. The van der Waals surface area contributed by atoms with E-state index in [1.165, 1.54) is 36.3 Å². The van der Waals surface area contributed by atoms with Gasteiger partial charge >= 0.3 is 0 Å². The number of halogens is 1. The first-order valence-corrected chi connectivity index (χ1v) is 10.7. The number of hydrogen-bond acceptors (Lipinski definition) is 6. The second-order valence-electron chi connectivity index (χ2n) is 7.92. The Hall–Kier alpha value is -3.39. The van der Waals surface area contributed by atoms with Gasteiger partial charge < -0.3 is 24.2 Å². The summed E-state index contributed by atoms with van der Waals surface area (Å²) >= 11 is 0. The van der Waals surface area contributed by atoms with Crippen molar-refractivity contribution >= 4 is 17.4 Å². The highest BCUT2D eigenvalue weighted by molar-refractivity contribution is 6.46. The van der Waals surface area contributed by atoms with E-state index < -0.39 is 23.5 Å². The number of benzene rings is 2. The molecule has 1 atom stereocenters. The van der Waals surface area contributed by atoms with Gasteiger partial charge in [0.25, 0.3) is 11.7 Å². The number of carbonyl (C=O) groups is 2. The van der Waals surface area contributed by atoms with Gasteiger partial charge in [-0.05, 0) is 62.2 Å². The number of aliphatic hydroxyl groups excluding tert-OH is 1. The zero-order valence-electron chi connectivity index (χ0n) is 19.1. The standard InChI is InChI=1S/C25H28FNO6/c1-15(2)33-19-11-8-17(14-20(19)32-4)22-21(23(28)16-6-9-18(26)10-7-16)24(29)25(30)27(22)12-5-13-31-3/h6-11,14-15,22,28H,5,12-13H2,1-4H3/b23-21-. The van der Waals surface area contributed by atoms with Crippen molar-refractivity contribution in [1.82, 2.24) is 4.90 Å². The Morgan fingerprint density at radius 2 is 1.79 bits per heavy atom. The van der Waals surface area contributed by atoms with Crippen LogP contribution in [0.3, 0.4) is 0 Å². The number of amides is 1. The summed E-state index contributed by atoms with van der Waals surface area (Å²) in [5.41, 5.74) is 0.745. The molecular weight excluding hydrogens is 429 g/mol. The Kier molecular flexibility index (Phi) is 7.71. The molecule has 8 heteroatoms. The van der Waals surface area contributed by atoms with Gasteiger partial charge in [0.1, 0.15) is 11.6 Å². The molecule has 1 fully saturated rings. The lowest BCUT2D eigenvalue weighted by Crippen LogP contribution is -2.31. The van der Waals surface area contributed by atoms with Crippen LogP contribution in [0, 0.1) is 5.82 Å². The van der Waals surface area contributed by atoms with Gasteiger partial charge in [0, 0.05) is 25.8 Å². The first-order chi connectivity index (χ1) is 15.8. The Labute approximate surface area is 192 Å². The molecule has 1 saturated heterocycles. The number of rotatable bonds is 9. The molecule has 3 rings (SSSR count). The summed E-state index contributed by atoms with van der Waals surface area (Å²) in [5.74, 6) is -1.42. The number of aliphatic hydroxyl groups is 1. The van der Waals surface area contributed by atoms with E-state index in [0.717, 1.165) is 0 Å². The summed E-state index contributed by atoms with van der Waals surface area (Å²) in [6.07, 6.45) is 0.422. The van der Waals surface area contributed by atoms with Crippen molar-refractivity contribution in [3.05, 3.63) is 65.0 Å². The van der Waals surface area contributed by atoms with Crippen LogP contribution in [-0.2, 0) is 14.3 Å². The van der Waals surface area contributed by atoms with Gasteiger partial charge in [0.2, 0.25) is 0 Å². The number of Topliss-reactive ketones (excluding diaryl/α,β-unsaturated/α-hetero) is 1. The molecule has 0 aliphatic carbocycles. The van der Waals surface area contributed by atoms with Gasteiger partial charge in [-0.2, -0.15) is 0 Å². The molecular formula is C25H28FNO6. The van der Waals surface area contributed by atoms with Crippen molar-refractivity contribution in [1.29, 1.82) is 0 Å². The first-order valence-electron chi connectivity index (χ1n) is 10.7. The van der Waals surface area contributed by atoms with Crippen molar-refractivity contribution < 1.29 is 33.3 Å². The molecule has 1 heterocycles. The van der Waals surface area contributed by atoms with Gasteiger partial charge in [-0.3, -0.25) is 9.59 Å². The molecule has 0 saturated carbocycles. The second-order valence-corrected chi connectivity index (χ2v) is 7.92. The smallest absolute Gasteiger partial charge is 0.295 e. The van der Waals surface area contributed by atoms with Crippen LogP contribution in [0.2, 0.25) is 0 Å². The maximum Gasteiger partial charge on any atom is 0.295 e. The van der Waals surface area contributed by atoms with E-state index >= 15 is 0 Å². The molecule has 2 aromatic carbocycles. The normalized spacial score (nSPS) is 17.6. The van der Waals surface area contributed by atoms with Crippen LogP contribution in [0.4, 0.5) is 4.39 Å². The van der Waals surface area contributed by atoms with Crippen LogP contribution in [0.1, 0.15) is 37.4 Å².